The molecule has 2 aromatic rings. The van der Waals surface area contributed by atoms with Crippen molar-refractivity contribution >= 4 is 29.0 Å². The lowest BCUT2D eigenvalue weighted by Crippen LogP contribution is -2.29. The van der Waals surface area contributed by atoms with Gasteiger partial charge >= 0.3 is 0 Å². The summed E-state index contributed by atoms with van der Waals surface area (Å²) in [5.41, 5.74) is 0.883. The topological polar surface area (TPSA) is 78.2 Å². The van der Waals surface area contributed by atoms with Gasteiger partial charge in [-0.25, -0.2) is 0 Å². The lowest BCUT2D eigenvalue weighted by Gasteiger charge is -2.16. The number of ether oxygens (including phenoxy) is 1. The molecule has 0 aliphatic carbocycles. The molecule has 1 aliphatic rings. The van der Waals surface area contributed by atoms with Crippen molar-refractivity contribution in [3.05, 3.63) is 38.9 Å². The van der Waals surface area contributed by atoms with Gasteiger partial charge in [-0.1, -0.05) is 0 Å². The van der Waals surface area contributed by atoms with Crippen molar-refractivity contribution in [3.63, 3.8) is 0 Å². The van der Waals surface area contributed by atoms with Gasteiger partial charge in [0.25, 0.3) is 11.5 Å². The largest absolute Gasteiger partial charge is 0.384 e. The van der Waals surface area contributed by atoms with Gasteiger partial charge in [0.15, 0.2) is 4.77 Å². The Bertz CT molecular complexity index is 827. The molecule has 0 spiro atoms. The van der Waals surface area contributed by atoms with Gasteiger partial charge in [-0.2, -0.15) is 0 Å². The third-order valence-corrected chi connectivity index (χ3v) is 4.17. The third kappa shape index (κ3) is 2.82. The number of nitrogens with zero attached hydrogens (tertiary/aromatic N) is 1. The summed E-state index contributed by atoms with van der Waals surface area (Å²) in [5, 5.41) is 0.490. The van der Waals surface area contributed by atoms with E-state index in [0.29, 0.717) is 35.5 Å². The zero-order valence-electron chi connectivity index (χ0n) is 12.2. The molecule has 2 N–H and O–H groups in total. The molecule has 0 unspecified atom stereocenters. The van der Waals surface area contributed by atoms with Crippen molar-refractivity contribution in [2.24, 2.45) is 5.92 Å². The smallest absolute Gasteiger partial charge is 0.259 e. The van der Waals surface area contributed by atoms with Crippen LogP contribution in [0, 0.1) is 10.7 Å². The summed E-state index contributed by atoms with van der Waals surface area (Å²) in [7, 11) is 1.67. The van der Waals surface area contributed by atoms with E-state index in [1.54, 1.807) is 25.3 Å². The Kier molecular flexibility index (Phi) is 4.08. The number of likely N-dealkylation sites (tertiary alicyclic amines) is 1. The van der Waals surface area contributed by atoms with Gasteiger partial charge in [-0.15, -0.1) is 0 Å². The number of fused-ring (bicyclic) bond motifs is 1. The number of aromatic amines is 2. The molecule has 1 aromatic carbocycles. The zero-order chi connectivity index (χ0) is 15.7. The van der Waals surface area contributed by atoms with Crippen LogP contribution in [-0.4, -0.2) is 47.6 Å². The van der Waals surface area contributed by atoms with E-state index >= 15 is 0 Å². The van der Waals surface area contributed by atoms with E-state index in [1.165, 1.54) is 0 Å². The Morgan fingerprint density at radius 1 is 1.45 bits per heavy atom. The quantitative estimate of drug-likeness (QED) is 0.844. The molecule has 1 fully saturated rings. The predicted molar refractivity (Wildman–Crippen MR) is 85.6 cm³/mol. The lowest BCUT2D eigenvalue weighted by atomic mass is 10.1. The summed E-state index contributed by atoms with van der Waals surface area (Å²) >= 11 is 4.97. The summed E-state index contributed by atoms with van der Waals surface area (Å²) < 4.78 is 5.40. The summed E-state index contributed by atoms with van der Waals surface area (Å²) in [6, 6.07) is 5.02. The van der Waals surface area contributed by atoms with Crippen LogP contribution in [-0.2, 0) is 4.74 Å². The minimum Gasteiger partial charge on any atom is -0.384 e. The lowest BCUT2D eigenvalue weighted by molar-refractivity contribution is 0.0775. The molecule has 7 heteroatoms. The molecular weight excluding hydrogens is 302 g/mol. The number of carbonyl (C=O) groups excluding carboxylic acids is 1. The third-order valence-electron chi connectivity index (χ3n) is 3.96. The fraction of sp³-hybridized carbons (Fsp3) is 0.400. The van der Waals surface area contributed by atoms with E-state index in [-0.39, 0.29) is 16.2 Å². The van der Waals surface area contributed by atoms with Crippen LogP contribution in [0.25, 0.3) is 10.9 Å². The Hall–Kier alpha value is -1.99. The van der Waals surface area contributed by atoms with Crippen molar-refractivity contribution in [2.75, 3.05) is 26.8 Å². The van der Waals surface area contributed by atoms with Gasteiger partial charge in [0.1, 0.15) is 0 Å². The van der Waals surface area contributed by atoms with E-state index in [9.17, 15) is 9.59 Å². The van der Waals surface area contributed by atoms with E-state index in [1.807, 2.05) is 4.90 Å². The average Bonchev–Trinajstić information content (AvgIpc) is 2.94. The molecule has 1 aromatic heterocycles. The fourth-order valence-electron chi connectivity index (χ4n) is 2.87. The Balaban J connectivity index is 1.89. The molecule has 0 saturated carbocycles. The molecule has 22 heavy (non-hydrogen) atoms. The van der Waals surface area contributed by atoms with Gasteiger partial charge < -0.3 is 14.6 Å². The minimum absolute atomic E-state index is 0.0277. The van der Waals surface area contributed by atoms with E-state index in [0.717, 1.165) is 13.0 Å². The summed E-state index contributed by atoms with van der Waals surface area (Å²) in [6.07, 6.45) is 0.954. The first-order valence-corrected chi connectivity index (χ1v) is 7.54. The highest BCUT2D eigenvalue weighted by Crippen LogP contribution is 2.20. The van der Waals surface area contributed by atoms with Crippen molar-refractivity contribution < 1.29 is 9.53 Å². The number of methoxy groups -OCH3 is 1. The fourth-order valence-corrected chi connectivity index (χ4v) is 3.08. The van der Waals surface area contributed by atoms with Gasteiger partial charge in [0, 0.05) is 31.7 Å². The molecule has 1 atom stereocenters. The molecule has 1 amide bonds. The van der Waals surface area contributed by atoms with Crippen molar-refractivity contribution in [1.29, 1.82) is 0 Å². The summed E-state index contributed by atoms with van der Waals surface area (Å²) in [5.74, 6) is 0.364. The van der Waals surface area contributed by atoms with E-state index in [4.69, 9.17) is 17.0 Å². The molecule has 6 nitrogen and oxygen atoms in total. The molecule has 1 aliphatic heterocycles. The highest BCUT2D eigenvalue weighted by Gasteiger charge is 2.26. The summed E-state index contributed by atoms with van der Waals surface area (Å²) in [6.45, 7) is 2.11. The zero-order valence-corrected chi connectivity index (χ0v) is 13.0. The number of nitrogens with one attached hydrogen (secondary N) is 2. The predicted octanol–water partition coefficient (Wildman–Crippen LogP) is 1.69. The SMILES string of the molecule is COC[C@@H]1CCN(C(=O)c2ccc3c(=O)[nH]c(=S)[nH]c3c2)C1. The highest BCUT2D eigenvalue weighted by molar-refractivity contribution is 7.71. The van der Waals surface area contributed by atoms with Gasteiger partial charge in [-0.3, -0.25) is 14.6 Å². The second-order valence-corrected chi connectivity index (χ2v) is 5.94. The van der Waals surface area contributed by atoms with Crippen molar-refractivity contribution in [1.82, 2.24) is 14.9 Å². The van der Waals surface area contributed by atoms with E-state index < -0.39 is 0 Å². The van der Waals surface area contributed by atoms with Crippen LogP contribution in [0.2, 0.25) is 0 Å². The second kappa shape index (κ2) is 6.02. The number of rotatable bonds is 3. The number of H-pyrrole nitrogens is 2. The Labute approximate surface area is 132 Å². The first kappa shape index (κ1) is 14.9. The molecular formula is C15H17N3O3S. The highest BCUT2D eigenvalue weighted by atomic mass is 32.1. The number of hydrogen-bond acceptors (Lipinski definition) is 4. The number of amides is 1. The maximum absolute atomic E-state index is 12.6. The minimum atomic E-state index is -0.251. The maximum Gasteiger partial charge on any atom is 0.259 e. The standard InChI is InChI=1S/C15H17N3O3S/c1-21-8-9-4-5-18(7-9)14(20)10-2-3-11-12(6-10)16-15(22)17-13(11)19/h2-3,6,9H,4-5,7-8H2,1H3,(H2,16,17,19,22)/t9-/m1/s1. The van der Waals surface area contributed by atoms with Gasteiger partial charge in [-0.05, 0) is 36.8 Å². The number of benzene rings is 1. The molecule has 2 heterocycles. The van der Waals surface area contributed by atoms with Crippen LogP contribution in [0.4, 0.5) is 0 Å². The second-order valence-electron chi connectivity index (χ2n) is 5.53. The molecule has 0 bridgehead atoms. The molecule has 3 rings (SSSR count). The van der Waals surface area contributed by atoms with Crippen LogP contribution in [0.1, 0.15) is 16.8 Å². The van der Waals surface area contributed by atoms with Crippen LogP contribution in [0.5, 0.6) is 0 Å². The van der Waals surface area contributed by atoms with Gasteiger partial charge in [0.2, 0.25) is 0 Å². The van der Waals surface area contributed by atoms with E-state index in [2.05, 4.69) is 9.97 Å². The average molecular weight is 319 g/mol. The number of carbonyl (C=O) groups is 1. The number of aromatic nitrogens is 2. The van der Waals surface area contributed by atoms with Crippen molar-refractivity contribution in [3.8, 4) is 0 Å². The Morgan fingerprint density at radius 3 is 3.05 bits per heavy atom. The van der Waals surface area contributed by atoms with Crippen LogP contribution < -0.4 is 5.56 Å². The molecule has 116 valence electrons. The normalized spacial score (nSPS) is 18.0. The summed E-state index contributed by atoms with van der Waals surface area (Å²) in [4.78, 5) is 31.6. The maximum atomic E-state index is 12.6. The monoisotopic (exact) mass is 319 g/mol. The van der Waals surface area contributed by atoms with Crippen molar-refractivity contribution in [2.45, 2.75) is 6.42 Å². The van der Waals surface area contributed by atoms with Crippen LogP contribution in [0.3, 0.4) is 0 Å². The number of hydrogen-bond donors (Lipinski definition) is 2. The Morgan fingerprint density at radius 2 is 2.27 bits per heavy atom. The molecule has 1 saturated heterocycles. The molecule has 0 radical (unpaired) electrons. The first-order valence-electron chi connectivity index (χ1n) is 7.13. The first-order chi connectivity index (χ1) is 10.6. The van der Waals surface area contributed by atoms with Crippen LogP contribution >= 0.6 is 12.2 Å². The van der Waals surface area contributed by atoms with Gasteiger partial charge in [0.05, 0.1) is 17.5 Å². The van der Waals surface area contributed by atoms with Crippen LogP contribution in [0.15, 0.2) is 23.0 Å².